The van der Waals surface area contributed by atoms with E-state index in [0.29, 0.717) is 5.75 Å². The van der Waals surface area contributed by atoms with Gasteiger partial charge in [-0.1, -0.05) is 26.0 Å². The summed E-state index contributed by atoms with van der Waals surface area (Å²) in [5.74, 6) is 0.607. The molecule has 1 rings (SSSR count). The molecular weight excluding hydrogens is 302 g/mol. The number of benzene rings is 1. The summed E-state index contributed by atoms with van der Waals surface area (Å²) in [6.45, 7) is 15.3. The molecule has 5 heteroatoms. The second kappa shape index (κ2) is 10.3. The van der Waals surface area contributed by atoms with Crippen LogP contribution in [0.15, 0.2) is 24.3 Å². The highest BCUT2D eigenvalue weighted by atomic mass is 16.5. The monoisotopic (exact) mass is 335 g/mol. The van der Waals surface area contributed by atoms with Gasteiger partial charge in [-0.3, -0.25) is 4.79 Å². The molecule has 0 atom stereocenters. The van der Waals surface area contributed by atoms with Crippen LogP contribution >= 0.6 is 0 Å². The number of hydrogen-bond donors (Lipinski definition) is 2. The topological polar surface area (TPSA) is 53.6 Å². The van der Waals surface area contributed by atoms with Crippen molar-refractivity contribution in [2.24, 2.45) is 0 Å². The number of hydrogen-bond acceptors (Lipinski definition) is 4. The van der Waals surface area contributed by atoms with Crippen LogP contribution < -0.4 is 15.4 Å². The second-order valence-corrected chi connectivity index (χ2v) is 6.93. The molecule has 2 N–H and O–H groups in total. The highest BCUT2D eigenvalue weighted by Gasteiger charge is 2.13. The Morgan fingerprint density at radius 1 is 1.12 bits per heavy atom. The Bertz CT molecular complexity index is 476. The fourth-order valence-electron chi connectivity index (χ4n) is 2.32. The van der Waals surface area contributed by atoms with Gasteiger partial charge in [0, 0.05) is 25.2 Å². The number of likely N-dealkylation sites (N-methyl/N-ethyl adjacent to an activating group) is 1. The van der Waals surface area contributed by atoms with Gasteiger partial charge < -0.3 is 20.3 Å². The minimum Gasteiger partial charge on any atom is -0.484 e. The fraction of sp³-hybridized carbons (Fsp3) is 0.632. The lowest BCUT2D eigenvalue weighted by atomic mass is 10.1. The van der Waals surface area contributed by atoms with Gasteiger partial charge in [-0.15, -0.1) is 0 Å². The first kappa shape index (κ1) is 20.5. The number of carbonyl (C=O) groups is 1. The van der Waals surface area contributed by atoms with Crippen LogP contribution in [0.2, 0.25) is 0 Å². The van der Waals surface area contributed by atoms with E-state index in [-0.39, 0.29) is 18.1 Å². The molecular formula is C19H33N3O2. The zero-order valence-electron chi connectivity index (χ0n) is 15.8. The van der Waals surface area contributed by atoms with Gasteiger partial charge in [0.05, 0.1) is 0 Å². The SMILES string of the molecule is CCN(CC)CCNCc1ccc(OCC(=O)NC(C)(C)C)cc1. The number of rotatable bonds is 10. The molecule has 0 fully saturated rings. The molecule has 0 unspecified atom stereocenters. The van der Waals surface area contributed by atoms with Gasteiger partial charge in [-0.2, -0.15) is 0 Å². The molecule has 0 aliphatic heterocycles. The summed E-state index contributed by atoms with van der Waals surface area (Å²) in [5.41, 5.74) is 0.974. The van der Waals surface area contributed by atoms with E-state index in [1.165, 1.54) is 5.56 Å². The van der Waals surface area contributed by atoms with Crippen LogP contribution in [0.1, 0.15) is 40.2 Å². The van der Waals surface area contributed by atoms with Crippen molar-refractivity contribution < 1.29 is 9.53 Å². The molecule has 0 saturated heterocycles. The van der Waals surface area contributed by atoms with Crippen LogP contribution in [0, 0.1) is 0 Å². The van der Waals surface area contributed by atoms with Crippen molar-refractivity contribution in [1.82, 2.24) is 15.5 Å². The first-order valence-electron chi connectivity index (χ1n) is 8.80. The van der Waals surface area contributed by atoms with Crippen LogP contribution in [-0.2, 0) is 11.3 Å². The highest BCUT2D eigenvalue weighted by molar-refractivity contribution is 5.78. The van der Waals surface area contributed by atoms with Crippen molar-refractivity contribution in [2.75, 3.05) is 32.8 Å². The maximum atomic E-state index is 11.7. The number of carbonyl (C=O) groups excluding carboxylic acids is 1. The Balaban J connectivity index is 2.29. The lowest BCUT2D eigenvalue weighted by Crippen LogP contribution is -2.43. The number of nitrogens with zero attached hydrogens (tertiary/aromatic N) is 1. The van der Waals surface area contributed by atoms with Crippen LogP contribution in [-0.4, -0.2) is 49.1 Å². The Hall–Kier alpha value is -1.59. The molecule has 136 valence electrons. The Morgan fingerprint density at radius 2 is 1.75 bits per heavy atom. The van der Waals surface area contributed by atoms with Gasteiger partial charge in [-0.25, -0.2) is 0 Å². The average molecular weight is 335 g/mol. The maximum Gasteiger partial charge on any atom is 0.258 e. The van der Waals surface area contributed by atoms with Gasteiger partial charge in [0.25, 0.3) is 5.91 Å². The third-order valence-electron chi connectivity index (χ3n) is 3.64. The standard InChI is InChI=1S/C19H33N3O2/c1-6-22(7-2)13-12-20-14-16-8-10-17(11-9-16)24-15-18(23)21-19(3,4)5/h8-11,20H,6-7,12-15H2,1-5H3,(H,21,23). The smallest absolute Gasteiger partial charge is 0.258 e. The van der Waals surface area contributed by atoms with Gasteiger partial charge in [0.2, 0.25) is 0 Å². The average Bonchev–Trinajstić information content (AvgIpc) is 2.52. The van der Waals surface area contributed by atoms with E-state index in [2.05, 4.69) is 29.4 Å². The summed E-state index contributed by atoms with van der Waals surface area (Å²) in [5, 5.41) is 6.33. The van der Waals surface area contributed by atoms with Gasteiger partial charge in [0.15, 0.2) is 6.61 Å². The fourth-order valence-corrected chi connectivity index (χ4v) is 2.32. The molecule has 5 nitrogen and oxygen atoms in total. The molecule has 0 aliphatic rings. The molecule has 1 amide bonds. The predicted octanol–water partition coefficient (Wildman–Crippen LogP) is 2.41. The molecule has 0 heterocycles. The summed E-state index contributed by atoms with van der Waals surface area (Å²) >= 11 is 0. The third-order valence-corrected chi connectivity index (χ3v) is 3.64. The van der Waals surface area contributed by atoms with Crippen LogP contribution in [0.25, 0.3) is 0 Å². The van der Waals surface area contributed by atoms with Crippen LogP contribution in [0.3, 0.4) is 0 Å². The van der Waals surface area contributed by atoms with E-state index in [1.54, 1.807) is 0 Å². The number of nitrogens with one attached hydrogen (secondary N) is 2. The minimum atomic E-state index is -0.235. The molecule has 0 bridgehead atoms. The van der Waals surface area contributed by atoms with E-state index < -0.39 is 0 Å². The summed E-state index contributed by atoms with van der Waals surface area (Å²) in [6.07, 6.45) is 0. The lowest BCUT2D eigenvalue weighted by molar-refractivity contribution is -0.124. The van der Waals surface area contributed by atoms with Crippen molar-refractivity contribution in [3.63, 3.8) is 0 Å². The molecule has 24 heavy (non-hydrogen) atoms. The van der Waals surface area contributed by atoms with E-state index in [1.807, 2.05) is 45.0 Å². The molecule has 0 radical (unpaired) electrons. The van der Waals surface area contributed by atoms with Crippen molar-refractivity contribution in [3.8, 4) is 5.75 Å². The molecule has 0 aromatic heterocycles. The minimum absolute atomic E-state index is 0.0404. The van der Waals surface area contributed by atoms with Gasteiger partial charge in [0.1, 0.15) is 5.75 Å². The van der Waals surface area contributed by atoms with E-state index in [4.69, 9.17) is 4.74 Å². The Kier molecular flexibility index (Phi) is 8.79. The van der Waals surface area contributed by atoms with E-state index in [0.717, 1.165) is 32.7 Å². The van der Waals surface area contributed by atoms with Crippen molar-refractivity contribution >= 4 is 5.91 Å². The predicted molar refractivity (Wildman–Crippen MR) is 99.3 cm³/mol. The van der Waals surface area contributed by atoms with Crippen molar-refractivity contribution in [3.05, 3.63) is 29.8 Å². The second-order valence-electron chi connectivity index (χ2n) is 6.93. The molecule has 0 spiro atoms. The maximum absolute atomic E-state index is 11.7. The number of ether oxygens (including phenoxy) is 1. The Labute approximate surface area is 146 Å². The largest absolute Gasteiger partial charge is 0.484 e. The first-order chi connectivity index (χ1) is 11.3. The van der Waals surface area contributed by atoms with E-state index in [9.17, 15) is 4.79 Å². The Morgan fingerprint density at radius 3 is 2.29 bits per heavy atom. The van der Waals surface area contributed by atoms with E-state index >= 15 is 0 Å². The summed E-state index contributed by atoms with van der Waals surface area (Å²) in [6, 6.07) is 7.88. The van der Waals surface area contributed by atoms with Crippen LogP contribution in [0.5, 0.6) is 5.75 Å². The summed E-state index contributed by atoms with van der Waals surface area (Å²) in [7, 11) is 0. The molecule has 1 aromatic carbocycles. The highest BCUT2D eigenvalue weighted by Crippen LogP contribution is 2.12. The van der Waals surface area contributed by atoms with Crippen molar-refractivity contribution in [2.45, 2.75) is 46.7 Å². The quantitative estimate of drug-likeness (QED) is 0.645. The first-order valence-corrected chi connectivity index (χ1v) is 8.80. The summed E-state index contributed by atoms with van der Waals surface area (Å²) < 4.78 is 5.52. The summed E-state index contributed by atoms with van der Waals surface area (Å²) in [4.78, 5) is 14.1. The van der Waals surface area contributed by atoms with Gasteiger partial charge >= 0.3 is 0 Å². The zero-order valence-corrected chi connectivity index (χ0v) is 15.8. The van der Waals surface area contributed by atoms with Crippen LogP contribution in [0.4, 0.5) is 0 Å². The van der Waals surface area contributed by atoms with Gasteiger partial charge in [-0.05, 0) is 51.6 Å². The lowest BCUT2D eigenvalue weighted by Gasteiger charge is -2.20. The normalized spacial score (nSPS) is 11.6. The van der Waals surface area contributed by atoms with Crippen molar-refractivity contribution in [1.29, 1.82) is 0 Å². The molecule has 0 saturated carbocycles. The molecule has 1 aromatic rings. The number of amides is 1. The zero-order chi connectivity index (χ0) is 18.0. The molecule has 0 aliphatic carbocycles. The third kappa shape index (κ3) is 8.89.